The number of amides is 2. The van der Waals surface area contributed by atoms with E-state index in [1.807, 2.05) is 62.4 Å². The second kappa shape index (κ2) is 12.7. The van der Waals surface area contributed by atoms with Gasteiger partial charge in [-0.15, -0.1) is 11.8 Å². The van der Waals surface area contributed by atoms with Crippen LogP contribution in [0.15, 0.2) is 48.5 Å². The first-order valence-corrected chi connectivity index (χ1v) is 10.9. The van der Waals surface area contributed by atoms with E-state index in [2.05, 4.69) is 10.6 Å². The molecule has 156 valence electrons. The largest absolute Gasteiger partial charge is 0.490 e. The predicted octanol–water partition coefficient (Wildman–Crippen LogP) is 3.51. The Morgan fingerprint density at radius 1 is 0.897 bits per heavy atom. The average Bonchev–Trinajstić information content (AvgIpc) is 2.71. The van der Waals surface area contributed by atoms with E-state index in [1.54, 1.807) is 0 Å². The highest BCUT2D eigenvalue weighted by Crippen LogP contribution is 2.28. The van der Waals surface area contributed by atoms with Crippen LogP contribution in [0.5, 0.6) is 11.5 Å². The molecule has 0 spiro atoms. The molecule has 0 aliphatic carbocycles. The summed E-state index contributed by atoms with van der Waals surface area (Å²) in [4.78, 5) is 23.8. The average molecular weight is 417 g/mol. The van der Waals surface area contributed by atoms with Crippen molar-refractivity contribution >= 4 is 29.3 Å². The highest BCUT2D eigenvalue weighted by Gasteiger charge is 2.08. The Balaban J connectivity index is 1.67. The third-order valence-corrected chi connectivity index (χ3v) is 4.80. The lowest BCUT2D eigenvalue weighted by molar-refractivity contribution is -0.118. The zero-order valence-electron chi connectivity index (χ0n) is 16.9. The normalized spacial score (nSPS) is 10.3. The molecule has 0 atom stereocenters. The molecular weight excluding hydrogens is 388 g/mol. The zero-order chi connectivity index (χ0) is 20.9. The molecule has 0 bridgehead atoms. The van der Waals surface area contributed by atoms with Gasteiger partial charge in [-0.05, 0) is 50.1 Å². The molecule has 29 heavy (non-hydrogen) atoms. The maximum absolute atomic E-state index is 12.0. The van der Waals surface area contributed by atoms with E-state index in [9.17, 15) is 9.59 Å². The minimum Gasteiger partial charge on any atom is -0.490 e. The Kier molecular flexibility index (Phi) is 9.92. The van der Waals surface area contributed by atoms with Crippen LogP contribution in [0.1, 0.15) is 19.4 Å². The highest BCUT2D eigenvalue weighted by atomic mass is 32.2. The Morgan fingerprint density at radius 3 is 2.31 bits per heavy atom. The van der Waals surface area contributed by atoms with Gasteiger partial charge in [-0.25, -0.2) is 0 Å². The molecule has 2 rings (SSSR count). The second-order valence-electron chi connectivity index (χ2n) is 6.15. The molecule has 0 fully saturated rings. The van der Waals surface area contributed by atoms with E-state index in [0.29, 0.717) is 26.2 Å². The van der Waals surface area contributed by atoms with E-state index in [1.165, 1.54) is 11.8 Å². The number of anilines is 1. The second-order valence-corrected chi connectivity index (χ2v) is 7.14. The van der Waals surface area contributed by atoms with Crippen molar-refractivity contribution in [2.45, 2.75) is 20.3 Å². The van der Waals surface area contributed by atoms with Crippen LogP contribution in [0.3, 0.4) is 0 Å². The highest BCUT2D eigenvalue weighted by molar-refractivity contribution is 8.00. The first-order chi connectivity index (χ1) is 14.1. The zero-order valence-corrected chi connectivity index (χ0v) is 17.7. The fourth-order valence-electron chi connectivity index (χ4n) is 2.60. The number of hydrogen-bond acceptors (Lipinski definition) is 5. The molecule has 0 saturated heterocycles. The van der Waals surface area contributed by atoms with E-state index in [4.69, 9.17) is 9.47 Å². The van der Waals surface area contributed by atoms with Crippen LogP contribution in [0.4, 0.5) is 5.69 Å². The van der Waals surface area contributed by atoms with Gasteiger partial charge in [0.2, 0.25) is 11.8 Å². The number of thioether (sulfide) groups is 1. The molecule has 0 unspecified atom stereocenters. The first kappa shape index (κ1) is 22.6. The van der Waals surface area contributed by atoms with Crippen molar-refractivity contribution in [1.29, 1.82) is 0 Å². The topological polar surface area (TPSA) is 76.7 Å². The molecule has 0 aliphatic heterocycles. The summed E-state index contributed by atoms with van der Waals surface area (Å²) in [6, 6.07) is 15.1. The van der Waals surface area contributed by atoms with Gasteiger partial charge in [-0.2, -0.15) is 0 Å². The van der Waals surface area contributed by atoms with Crippen molar-refractivity contribution < 1.29 is 19.1 Å². The van der Waals surface area contributed by atoms with Crippen molar-refractivity contribution in [1.82, 2.24) is 5.32 Å². The monoisotopic (exact) mass is 416 g/mol. The molecular formula is C22H28N2O4S. The molecule has 2 amide bonds. The smallest absolute Gasteiger partial charge is 0.234 e. The van der Waals surface area contributed by atoms with Crippen LogP contribution in [0, 0.1) is 0 Å². The molecule has 0 aliphatic rings. The summed E-state index contributed by atoms with van der Waals surface area (Å²) in [7, 11) is 0. The molecule has 6 nitrogen and oxygen atoms in total. The lowest BCUT2D eigenvalue weighted by Gasteiger charge is -2.12. The third kappa shape index (κ3) is 8.48. The fraction of sp³-hybridized carbons (Fsp3) is 0.364. The number of para-hydroxylation sites is 1. The fourth-order valence-corrected chi connectivity index (χ4v) is 3.25. The lowest BCUT2D eigenvalue weighted by atomic mass is 10.1. The van der Waals surface area contributed by atoms with Crippen LogP contribution in [-0.4, -0.2) is 43.1 Å². The lowest BCUT2D eigenvalue weighted by Crippen LogP contribution is -2.28. The SMILES string of the molecule is CCOc1ccc(CCNC(=O)CSCC(=O)Nc2ccccc2)cc1OCC. The summed E-state index contributed by atoms with van der Waals surface area (Å²) in [6.45, 7) is 5.53. The Hall–Kier alpha value is -2.67. The van der Waals surface area contributed by atoms with Crippen molar-refractivity contribution in [2.24, 2.45) is 0 Å². The van der Waals surface area contributed by atoms with Crippen molar-refractivity contribution in [3.8, 4) is 11.5 Å². The van der Waals surface area contributed by atoms with Gasteiger partial charge in [0.25, 0.3) is 0 Å². The van der Waals surface area contributed by atoms with Gasteiger partial charge in [0, 0.05) is 12.2 Å². The molecule has 0 aromatic heterocycles. The number of rotatable bonds is 12. The van der Waals surface area contributed by atoms with Crippen LogP contribution in [-0.2, 0) is 16.0 Å². The first-order valence-electron chi connectivity index (χ1n) is 9.70. The summed E-state index contributed by atoms with van der Waals surface area (Å²) in [6.07, 6.45) is 0.692. The summed E-state index contributed by atoms with van der Waals surface area (Å²) in [5, 5.41) is 5.68. The molecule has 2 N–H and O–H groups in total. The van der Waals surface area contributed by atoms with Crippen molar-refractivity contribution in [2.75, 3.05) is 36.6 Å². The van der Waals surface area contributed by atoms with Crippen LogP contribution < -0.4 is 20.1 Å². The number of carbonyl (C=O) groups excluding carboxylic acids is 2. The predicted molar refractivity (Wildman–Crippen MR) is 118 cm³/mol. The maximum Gasteiger partial charge on any atom is 0.234 e. The number of nitrogens with one attached hydrogen (secondary N) is 2. The van der Waals surface area contributed by atoms with E-state index in [0.717, 1.165) is 22.7 Å². The standard InChI is InChI=1S/C22H28N2O4S/c1-3-27-19-11-10-17(14-20(19)28-4-2)12-13-23-21(25)15-29-16-22(26)24-18-8-6-5-7-9-18/h5-11,14H,3-4,12-13,15-16H2,1-2H3,(H,23,25)(H,24,26). The van der Waals surface area contributed by atoms with Crippen LogP contribution in [0.25, 0.3) is 0 Å². The molecule has 7 heteroatoms. The van der Waals surface area contributed by atoms with Gasteiger partial charge in [-0.1, -0.05) is 24.3 Å². The molecule has 0 heterocycles. The van der Waals surface area contributed by atoms with E-state index < -0.39 is 0 Å². The number of carbonyl (C=O) groups is 2. The Labute approximate surface area is 176 Å². The Morgan fingerprint density at radius 2 is 1.59 bits per heavy atom. The van der Waals surface area contributed by atoms with Gasteiger partial charge in [0.05, 0.1) is 24.7 Å². The van der Waals surface area contributed by atoms with Crippen molar-refractivity contribution in [3.63, 3.8) is 0 Å². The van der Waals surface area contributed by atoms with Crippen LogP contribution in [0.2, 0.25) is 0 Å². The van der Waals surface area contributed by atoms with E-state index in [-0.39, 0.29) is 23.3 Å². The minimum atomic E-state index is -0.119. The minimum absolute atomic E-state index is 0.0847. The molecule has 2 aromatic rings. The van der Waals surface area contributed by atoms with Gasteiger partial charge in [0.15, 0.2) is 11.5 Å². The Bertz CT molecular complexity index is 784. The van der Waals surface area contributed by atoms with Gasteiger partial charge in [0.1, 0.15) is 0 Å². The van der Waals surface area contributed by atoms with Crippen LogP contribution >= 0.6 is 11.8 Å². The molecule has 0 saturated carbocycles. The third-order valence-electron chi connectivity index (χ3n) is 3.87. The summed E-state index contributed by atoms with van der Waals surface area (Å²) in [5.74, 6) is 1.73. The van der Waals surface area contributed by atoms with Gasteiger partial charge >= 0.3 is 0 Å². The molecule has 0 radical (unpaired) electrons. The van der Waals surface area contributed by atoms with Gasteiger partial charge < -0.3 is 20.1 Å². The summed E-state index contributed by atoms with van der Waals surface area (Å²) >= 11 is 1.29. The maximum atomic E-state index is 12.0. The van der Waals surface area contributed by atoms with Gasteiger partial charge in [-0.3, -0.25) is 9.59 Å². The summed E-state index contributed by atoms with van der Waals surface area (Å²) in [5.41, 5.74) is 1.82. The summed E-state index contributed by atoms with van der Waals surface area (Å²) < 4.78 is 11.2. The van der Waals surface area contributed by atoms with Crippen molar-refractivity contribution in [3.05, 3.63) is 54.1 Å². The number of benzene rings is 2. The quantitative estimate of drug-likeness (QED) is 0.554. The van der Waals surface area contributed by atoms with E-state index >= 15 is 0 Å². The number of hydrogen-bond donors (Lipinski definition) is 2. The number of ether oxygens (including phenoxy) is 2. The molecule has 2 aromatic carbocycles.